The minimum atomic E-state index is -1.19. The minimum absolute atomic E-state index is 0.160. The zero-order valence-electron chi connectivity index (χ0n) is 20.5. The molecule has 3 aliphatic heterocycles. The third-order valence-electron chi connectivity index (χ3n) is 7.50. The molecular weight excluding hydrogens is 484 g/mol. The molecule has 2 amide bonds. The smallest absolute Gasteiger partial charge is 0.312 e. The van der Waals surface area contributed by atoms with E-state index >= 15 is 0 Å². The van der Waals surface area contributed by atoms with Gasteiger partial charge in [-0.2, -0.15) is 0 Å². The maximum absolute atomic E-state index is 14.2. The molecule has 6 atom stereocenters. The van der Waals surface area contributed by atoms with Crippen LogP contribution in [0.15, 0.2) is 49.6 Å². The molecule has 3 fully saturated rings. The van der Waals surface area contributed by atoms with E-state index in [9.17, 15) is 19.5 Å². The second-order valence-corrected chi connectivity index (χ2v) is 10.0. The van der Waals surface area contributed by atoms with Crippen LogP contribution in [0.1, 0.15) is 32.6 Å². The lowest BCUT2D eigenvalue weighted by atomic mass is 9.70. The van der Waals surface area contributed by atoms with Gasteiger partial charge in [0.25, 0.3) is 5.91 Å². The minimum Gasteiger partial charge on any atom is -0.465 e. The lowest BCUT2D eigenvalue weighted by molar-refractivity contribution is -0.155. The second kappa shape index (κ2) is 10.7. The summed E-state index contributed by atoms with van der Waals surface area (Å²) in [6.07, 6.45) is 5.18. The Morgan fingerprint density at radius 1 is 1.36 bits per heavy atom. The fourth-order valence-corrected chi connectivity index (χ4v) is 6.19. The maximum atomic E-state index is 14.2. The normalized spacial score (nSPS) is 29.1. The number of amides is 2. The number of aliphatic hydroxyl groups is 1. The number of anilines is 1. The van der Waals surface area contributed by atoms with Crippen LogP contribution in [0, 0.1) is 11.8 Å². The van der Waals surface area contributed by atoms with Crippen LogP contribution in [0.25, 0.3) is 0 Å². The molecule has 1 spiro atoms. The Hall–Kier alpha value is -2.68. The van der Waals surface area contributed by atoms with E-state index < -0.39 is 41.6 Å². The fourth-order valence-electron chi connectivity index (χ4n) is 5.95. The van der Waals surface area contributed by atoms with Gasteiger partial charge in [0.2, 0.25) is 5.91 Å². The van der Waals surface area contributed by atoms with Crippen molar-refractivity contribution < 1.29 is 29.0 Å². The Kier molecular flexibility index (Phi) is 7.87. The number of hydrogen-bond donors (Lipinski definition) is 1. The Balaban J connectivity index is 1.72. The highest BCUT2D eigenvalue weighted by molar-refractivity contribution is 6.34. The van der Waals surface area contributed by atoms with Crippen LogP contribution in [0.5, 0.6) is 0 Å². The van der Waals surface area contributed by atoms with Gasteiger partial charge in [0, 0.05) is 6.54 Å². The molecule has 1 aromatic rings. The number of para-hydroxylation sites is 1. The monoisotopic (exact) mass is 516 g/mol. The summed E-state index contributed by atoms with van der Waals surface area (Å²) >= 11 is 6.44. The summed E-state index contributed by atoms with van der Waals surface area (Å²) in [5.41, 5.74) is -0.702. The van der Waals surface area contributed by atoms with E-state index in [1.54, 1.807) is 43.3 Å². The summed E-state index contributed by atoms with van der Waals surface area (Å²) in [6, 6.07) is 5.27. The molecule has 0 aliphatic carbocycles. The molecule has 3 saturated heterocycles. The topological polar surface area (TPSA) is 96.4 Å². The molecule has 8 nitrogen and oxygen atoms in total. The van der Waals surface area contributed by atoms with E-state index in [1.165, 1.54) is 9.80 Å². The molecule has 36 heavy (non-hydrogen) atoms. The molecule has 0 aromatic heterocycles. The van der Waals surface area contributed by atoms with E-state index in [1.807, 2.05) is 0 Å². The molecule has 3 heterocycles. The van der Waals surface area contributed by atoms with Gasteiger partial charge in [-0.15, -0.1) is 13.2 Å². The molecule has 9 heteroatoms. The first-order valence-electron chi connectivity index (χ1n) is 12.4. The average Bonchev–Trinajstić information content (AvgIpc) is 3.52. The summed E-state index contributed by atoms with van der Waals surface area (Å²) in [6.45, 7) is 9.17. The van der Waals surface area contributed by atoms with Crippen molar-refractivity contribution in [2.24, 2.45) is 11.8 Å². The second-order valence-electron chi connectivity index (χ2n) is 9.62. The number of hydrogen-bond acceptors (Lipinski definition) is 6. The van der Waals surface area contributed by atoms with Crippen molar-refractivity contribution >= 4 is 35.1 Å². The van der Waals surface area contributed by atoms with Gasteiger partial charge in [0.15, 0.2) is 0 Å². The average molecular weight is 517 g/mol. The zero-order valence-corrected chi connectivity index (χ0v) is 21.2. The molecule has 194 valence electrons. The molecule has 2 bridgehead atoms. The number of aliphatic hydroxyl groups excluding tert-OH is 1. The first-order valence-corrected chi connectivity index (χ1v) is 12.7. The van der Waals surface area contributed by atoms with Crippen LogP contribution in [-0.2, 0) is 23.9 Å². The van der Waals surface area contributed by atoms with Gasteiger partial charge >= 0.3 is 5.97 Å². The third-order valence-corrected chi connectivity index (χ3v) is 7.82. The molecular formula is C27H33ClN2O6. The van der Waals surface area contributed by atoms with E-state index in [4.69, 9.17) is 21.1 Å². The van der Waals surface area contributed by atoms with Crippen LogP contribution >= 0.6 is 11.6 Å². The number of carbonyl (C=O) groups is 3. The van der Waals surface area contributed by atoms with Crippen molar-refractivity contribution in [3.63, 3.8) is 0 Å². The van der Waals surface area contributed by atoms with Gasteiger partial charge in [0.1, 0.15) is 11.6 Å². The largest absolute Gasteiger partial charge is 0.465 e. The Morgan fingerprint density at radius 2 is 2.11 bits per heavy atom. The van der Waals surface area contributed by atoms with Gasteiger partial charge in [-0.1, -0.05) is 35.9 Å². The number of rotatable bonds is 11. The van der Waals surface area contributed by atoms with Crippen LogP contribution in [0.4, 0.5) is 5.69 Å². The number of esters is 1. The van der Waals surface area contributed by atoms with Crippen molar-refractivity contribution in [2.75, 3.05) is 24.7 Å². The summed E-state index contributed by atoms with van der Waals surface area (Å²) < 4.78 is 11.9. The summed E-state index contributed by atoms with van der Waals surface area (Å²) in [7, 11) is 0. The van der Waals surface area contributed by atoms with Crippen LogP contribution in [-0.4, -0.2) is 71.3 Å². The van der Waals surface area contributed by atoms with Gasteiger partial charge in [0.05, 0.1) is 47.9 Å². The highest BCUT2D eigenvalue weighted by Gasteiger charge is 2.75. The number of benzene rings is 1. The van der Waals surface area contributed by atoms with Gasteiger partial charge in [-0.3, -0.25) is 14.4 Å². The number of likely N-dealkylation sites (tertiary alicyclic amines) is 1. The van der Waals surface area contributed by atoms with Crippen LogP contribution < -0.4 is 4.90 Å². The van der Waals surface area contributed by atoms with E-state index in [0.29, 0.717) is 36.4 Å². The van der Waals surface area contributed by atoms with Crippen LogP contribution in [0.2, 0.25) is 5.02 Å². The molecule has 2 unspecified atom stereocenters. The third kappa shape index (κ3) is 4.25. The quantitative estimate of drug-likeness (QED) is 0.276. The standard InChI is InChI=1S/C27H33ClN2O6/c1-4-6-9-15-35-26(34)21-20-12-13-27(36-20)22(21)24(32)30(17(3)16-31)23(27)25(33)29(14-5-2)19-11-8-7-10-18(19)28/h4-5,7-8,10-11,17,20-23,31H,1-2,6,9,12-16H2,3H3/t17-,20-,21+,22+,23?,27?/m1/s1. The number of allylic oxidation sites excluding steroid dienone is 1. The number of nitrogens with zero attached hydrogens (tertiary/aromatic N) is 2. The van der Waals surface area contributed by atoms with E-state index in [2.05, 4.69) is 13.2 Å². The van der Waals surface area contributed by atoms with Gasteiger partial charge < -0.3 is 24.4 Å². The number of halogens is 1. The Bertz CT molecular complexity index is 1050. The van der Waals surface area contributed by atoms with Crippen molar-refractivity contribution in [1.29, 1.82) is 0 Å². The lowest BCUT2D eigenvalue weighted by Crippen LogP contribution is -2.58. The number of unbranched alkanes of at least 4 members (excludes halogenated alkanes) is 1. The SMILES string of the molecule is C=CCCCOC(=O)[C@@H]1[C@H]2C(=O)N([C@H](C)CO)C(C(=O)N(CC=C)c3ccccc3Cl)C23CC[C@H]1O3. The van der Waals surface area contributed by atoms with Crippen molar-refractivity contribution in [2.45, 2.75) is 56.4 Å². The van der Waals surface area contributed by atoms with Crippen molar-refractivity contribution in [1.82, 2.24) is 4.90 Å². The lowest BCUT2D eigenvalue weighted by Gasteiger charge is -2.38. The number of fused-ring (bicyclic) bond motifs is 1. The molecule has 1 N–H and O–H groups in total. The highest BCUT2D eigenvalue weighted by Crippen LogP contribution is 2.59. The first kappa shape index (κ1) is 26.4. The Morgan fingerprint density at radius 3 is 2.78 bits per heavy atom. The van der Waals surface area contributed by atoms with Crippen LogP contribution in [0.3, 0.4) is 0 Å². The summed E-state index contributed by atoms with van der Waals surface area (Å²) in [4.78, 5) is 44.1. The molecule has 3 aliphatic rings. The van der Waals surface area contributed by atoms with E-state index in [0.717, 1.165) is 0 Å². The molecule has 0 saturated carbocycles. The predicted molar refractivity (Wildman–Crippen MR) is 135 cm³/mol. The highest BCUT2D eigenvalue weighted by atomic mass is 35.5. The zero-order chi connectivity index (χ0) is 26.0. The summed E-state index contributed by atoms with van der Waals surface area (Å²) in [5, 5.41) is 10.4. The molecule has 4 rings (SSSR count). The maximum Gasteiger partial charge on any atom is 0.312 e. The number of ether oxygens (including phenoxy) is 2. The summed E-state index contributed by atoms with van der Waals surface area (Å²) in [5.74, 6) is -2.90. The molecule has 0 radical (unpaired) electrons. The predicted octanol–water partition coefficient (Wildman–Crippen LogP) is 3.12. The fraction of sp³-hybridized carbons (Fsp3) is 0.519. The first-order chi connectivity index (χ1) is 17.3. The molecule has 1 aromatic carbocycles. The Labute approximate surface area is 216 Å². The van der Waals surface area contributed by atoms with E-state index in [-0.39, 0.29) is 31.6 Å². The van der Waals surface area contributed by atoms with Gasteiger partial charge in [-0.25, -0.2) is 0 Å². The van der Waals surface area contributed by atoms with Gasteiger partial charge in [-0.05, 0) is 44.7 Å². The van der Waals surface area contributed by atoms with Crippen molar-refractivity contribution in [3.8, 4) is 0 Å². The van der Waals surface area contributed by atoms with Crippen molar-refractivity contribution in [3.05, 3.63) is 54.6 Å². The number of carbonyl (C=O) groups excluding carboxylic acids is 3.